The van der Waals surface area contributed by atoms with Crippen molar-refractivity contribution in [2.24, 2.45) is 0 Å². The van der Waals surface area contributed by atoms with Gasteiger partial charge in [-0.15, -0.1) is 0 Å². The number of para-hydroxylation sites is 1. The second-order valence-corrected chi connectivity index (χ2v) is 9.77. The van der Waals surface area contributed by atoms with Crippen molar-refractivity contribution in [3.8, 4) is 22.4 Å². The fraction of sp³-hybridized carbons (Fsp3) is 0.120. The van der Waals surface area contributed by atoms with Crippen molar-refractivity contribution in [2.45, 2.75) is 17.4 Å². The molecule has 3 N–H and O–H groups in total. The van der Waals surface area contributed by atoms with Crippen LogP contribution in [0.25, 0.3) is 22.4 Å². The van der Waals surface area contributed by atoms with Crippen LogP contribution in [0, 0.1) is 5.82 Å². The molecule has 1 aromatic heterocycles. The molecule has 7 nitrogen and oxygen atoms in total. The van der Waals surface area contributed by atoms with Crippen LogP contribution < -0.4 is 10.0 Å². The van der Waals surface area contributed by atoms with Crippen LogP contribution in [0.4, 0.5) is 15.9 Å². The van der Waals surface area contributed by atoms with Crippen LogP contribution in [0.1, 0.15) is 5.56 Å². The van der Waals surface area contributed by atoms with E-state index >= 15 is 4.39 Å². The summed E-state index contributed by atoms with van der Waals surface area (Å²) in [6.45, 7) is -0.317. The summed E-state index contributed by atoms with van der Waals surface area (Å²) >= 11 is 0. The summed E-state index contributed by atoms with van der Waals surface area (Å²) in [5, 5.41) is 9.92. The van der Waals surface area contributed by atoms with Gasteiger partial charge in [-0.3, -0.25) is 9.29 Å². The van der Waals surface area contributed by atoms with E-state index < -0.39 is 21.9 Å². The van der Waals surface area contributed by atoms with Gasteiger partial charge in [0, 0.05) is 11.1 Å². The van der Waals surface area contributed by atoms with Gasteiger partial charge in [0.15, 0.2) is 0 Å². The fourth-order valence-corrected chi connectivity index (χ4v) is 6.20. The lowest BCUT2D eigenvalue weighted by Gasteiger charge is -2.27. The minimum Gasteiger partial charge on any atom is -0.394 e. The highest BCUT2D eigenvalue weighted by atomic mass is 32.2. The molecule has 3 aromatic carbocycles. The highest BCUT2D eigenvalue weighted by molar-refractivity contribution is 7.93. The zero-order valence-corrected chi connectivity index (χ0v) is 18.8. The lowest BCUT2D eigenvalue weighted by atomic mass is 10.0. The van der Waals surface area contributed by atoms with Crippen LogP contribution in [-0.4, -0.2) is 36.1 Å². The molecule has 2 heterocycles. The Balaban J connectivity index is 1.59. The number of benzene rings is 3. The molecule has 0 saturated heterocycles. The zero-order valence-electron chi connectivity index (χ0n) is 18.0. The molecule has 1 atom stereocenters. The number of halogens is 1. The molecule has 4 aromatic rings. The molecule has 1 aliphatic rings. The van der Waals surface area contributed by atoms with Crippen molar-refractivity contribution in [1.29, 1.82) is 0 Å². The Bertz CT molecular complexity index is 1480. The van der Waals surface area contributed by atoms with Crippen LogP contribution in [0.3, 0.4) is 0 Å². The van der Waals surface area contributed by atoms with E-state index in [1.54, 1.807) is 36.4 Å². The summed E-state index contributed by atoms with van der Waals surface area (Å²) in [5.41, 5.74) is 8.25. The van der Waals surface area contributed by atoms with E-state index in [0.717, 1.165) is 5.56 Å². The first-order valence-corrected chi connectivity index (χ1v) is 12.0. The third-order valence-electron chi connectivity index (χ3n) is 5.88. The molecule has 1 unspecified atom stereocenters. The summed E-state index contributed by atoms with van der Waals surface area (Å²) in [6, 6.07) is 17.5. The number of fused-ring (bicyclic) bond motifs is 1. The normalized spacial score (nSPS) is 15.4. The Morgan fingerprint density at radius 1 is 1.00 bits per heavy atom. The highest BCUT2D eigenvalue weighted by Crippen LogP contribution is 2.39. The Morgan fingerprint density at radius 3 is 2.50 bits per heavy atom. The van der Waals surface area contributed by atoms with Gasteiger partial charge >= 0.3 is 0 Å². The maximum atomic E-state index is 15.1. The molecule has 1 aliphatic heterocycles. The number of nitrogen functional groups attached to an aromatic ring is 1. The van der Waals surface area contributed by atoms with Crippen molar-refractivity contribution in [3.63, 3.8) is 0 Å². The topological polar surface area (TPSA) is 109 Å². The molecule has 34 heavy (non-hydrogen) atoms. The van der Waals surface area contributed by atoms with E-state index in [-0.39, 0.29) is 22.9 Å². The molecule has 5 rings (SSSR count). The van der Waals surface area contributed by atoms with Crippen LogP contribution in [0.15, 0.2) is 84.0 Å². The number of aliphatic hydroxyl groups is 1. The van der Waals surface area contributed by atoms with Gasteiger partial charge in [-0.05, 0) is 41.8 Å². The Hall–Kier alpha value is -3.82. The summed E-state index contributed by atoms with van der Waals surface area (Å²) in [7, 11) is -4.06. The van der Waals surface area contributed by atoms with Crippen LogP contribution in [0.5, 0.6) is 0 Å². The summed E-state index contributed by atoms with van der Waals surface area (Å²) in [4.78, 5) is 8.08. The predicted molar refractivity (Wildman–Crippen MR) is 128 cm³/mol. The van der Waals surface area contributed by atoms with E-state index in [2.05, 4.69) is 9.97 Å². The Labute approximate surface area is 196 Å². The highest BCUT2D eigenvalue weighted by Gasteiger charge is 2.39. The molecule has 0 spiro atoms. The molecular formula is C25H21FN4O3S. The van der Waals surface area contributed by atoms with Gasteiger partial charge in [0.05, 0.1) is 41.3 Å². The van der Waals surface area contributed by atoms with Gasteiger partial charge in [-0.1, -0.05) is 42.5 Å². The number of aromatic nitrogens is 2. The predicted octanol–water partition coefficient (Wildman–Crippen LogP) is 3.64. The minimum atomic E-state index is -4.06. The van der Waals surface area contributed by atoms with E-state index in [0.29, 0.717) is 28.9 Å². The average Bonchev–Trinajstić information content (AvgIpc) is 3.24. The third kappa shape index (κ3) is 3.68. The number of nitrogens with two attached hydrogens (primary N) is 1. The minimum absolute atomic E-state index is 0.0320. The zero-order chi connectivity index (χ0) is 23.9. The number of sulfonamides is 1. The lowest BCUT2D eigenvalue weighted by Crippen LogP contribution is -2.40. The van der Waals surface area contributed by atoms with Crippen LogP contribution in [-0.2, 0) is 16.4 Å². The molecule has 0 fully saturated rings. The van der Waals surface area contributed by atoms with Crippen LogP contribution in [0.2, 0.25) is 0 Å². The summed E-state index contributed by atoms with van der Waals surface area (Å²) in [5.74, 6) is -0.340. The quantitative estimate of drug-likeness (QED) is 0.455. The van der Waals surface area contributed by atoms with Gasteiger partial charge in [0.2, 0.25) is 0 Å². The Kier molecular flexibility index (Phi) is 5.51. The van der Waals surface area contributed by atoms with Gasteiger partial charge in [0.25, 0.3) is 10.0 Å². The SMILES string of the molecule is Nc1cnc(-c2ccc(-c3ccccc3S(=O)(=O)N3c4ccccc4CC3CO)cc2F)cn1. The molecule has 0 saturated carbocycles. The number of nitrogens with zero attached hydrogens (tertiary/aromatic N) is 3. The van der Waals surface area contributed by atoms with Gasteiger partial charge in [-0.2, -0.15) is 0 Å². The van der Waals surface area contributed by atoms with E-state index in [1.807, 2.05) is 12.1 Å². The summed E-state index contributed by atoms with van der Waals surface area (Å²) in [6.07, 6.45) is 3.14. The second-order valence-electron chi connectivity index (χ2n) is 7.99. The molecule has 0 aliphatic carbocycles. The smallest absolute Gasteiger partial charge is 0.265 e. The molecule has 172 valence electrons. The number of hydrogen-bond acceptors (Lipinski definition) is 6. The van der Waals surface area contributed by atoms with Crippen molar-refractivity contribution in [2.75, 3.05) is 16.6 Å². The van der Waals surface area contributed by atoms with E-state index in [9.17, 15) is 13.5 Å². The summed E-state index contributed by atoms with van der Waals surface area (Å²) < 4.78 is 44.1. The standard InChI is InChI=1S/C25H21FN4O3S/c26-21-12-16(9-10-20(21)22-13-29-25(27)14-28-22)19-6-2-4-8-24(19)34(32,33)30-18(15-31)11-17-5-1-3-7-23(17)30/h1-10,12-14,18,31H,11,15H2,(H2,27,29). The molecular weight excluding hydrogens is 455 g/mol. The molecule has 9 heteroatoms. The third-order valence-corrected chi connectivity index (χ3v) is 7.80. The Morgan fingerprint density at radius 2 is 1.76 bits per heavy atom. The largest absolute Gasteiger partial charge is 0.394 e. The first-order chi connectivity index (χ1) is 16.4. The first-order valence-electron chi connectivity index (χ1n) is 10.6. The molecule has 0 bridgehead atoms. The number of rotatable bonds is 5. The first kappa shape index (κ1) is 22.0. The van der Waals surface area contributed by atoms with Crippen molar-refractivity contribution < 1.29 is 17.9 Å². The van der Waals surface area contributed by atoms with Gasteiger partial charge < -0.3 is 10.8 Å². The maximum Gasteiger partial charge on any atom is 0.265 e. The van der Waals surface area contributed by atoms with E-state index in [1.165, 1.54) is 34.9 Å². The average molecular weight is 477 g/mol. The number of aliphatic hydroxyl groups excluding tert-OH is 1. The van der Waals surface area contributed by atoms with E-state index in [4.69, 9.17) is 5.73 Å². The number of anilines is 2. The fourth-order valence-electron chi connectivity index (χ4n) is 4.30. The second kappa shape index (κ2) is 8.51. The number of hydrogen-bond donors (Lipinski definition) is 2. The lowest BCUT2D eigenvalue weighted by molar-refractivity contribution is 0.270. The van der Waals surface area contributed by atoms with Crippen molar-refractivity contribution >= 4 is 21.5 Å². The van der Waals surface area contributed by atoms with Gasteiger partial charge in [0.1, 0.15) is 11.6 Å². The molecule has 0 amide bonds. The maximum absolute atomic E-state index is 15.1. The monoisotopic (exact) mass is 476 g/mol. The van der Waals surface area contributed by atoms with Crippen molar-refractivity contribution in [1.82, 2.24) is 9.97 Å². The van der Waals surface area contributed by atoms with Crippen molar-refractivity contribution in [3.05, 3.63) is 90.5 Å². The van der Waals surface area contributed by atoms with Gasteiger partial charge in [-0.25, -0.2) is 17.8 Å². The van der Waals surface area contributed by atoms with Crippen LogP contribution >= 0.6 is 0 Å². The molecule has 0 radical (unpaired) electrons.